The first-order valence-corrected chi connectivity index (χ1v) is 12.1. The van der Waals surface area contributed by atoms with Crippen LogP contribution in [-0.2, 0) is 19.4 Å². The van der Waals surface area contributed by atoms with E-state index in [1.807, 2.05) is 0 Å². The zero-order chi connectivity index (χ0) is 25.2. The minimum absolute atomic E-state index is 0.0373. The van der Waals surface area contributed by atoms with Gasteiger partial charge in [0.05, 0.1) is 27.0 Å². The minimum atomic E-state index is -3.36. The van der Waals surface area contributed by atoms with Crippen molar-refractivity contribution in [3.05, 3.63) is 99.2 Å². The molecule has 10 nitrogen and oxygen atoms in total. The molecule has 3 aromatic carbocycles. The fourth-order valence-electron chi connectivity index (χ4n) is 3.35. The number of amides is 1. The summed E-state index contributed by atoms with van der Waals surface area (Å²) in [6, 6.07) is 18.0. The predicted octanol–water partition coefficient (Wildman–Crippen LogP) is 1.88. The molecule has 0 unspecified atom stereocenters. The van der Waals surface area contributed by atoms with Gasteiger partial charge in [0.15, 0.2) is 16.4 Å². The van der Waals surface area contributed by atoms with Crippen LogP contribution < -0.4 is 16.6 Å². The molecule has 0 radical (unpaired) electrons. The summed E-state index contributed by atoms with van der Waals surface area (Å²) < 4.78 is 29.0. The number of esters is 1. The number of carbonyl (C=O) groups is 2. The van der Waals surface area contributed by atoms with Crippen LogP contribution in [0.4, 0.5) is 5.69 Å². The third kappa shape index (κ3) is 5.20. The molecule has 4 aromatic rings. The molecule has 0 bridgehead atoms. The number of aromatic nitrogens is 2. The Labute approximate surface area is 198 Å². The van der Waals surface area contributed by atoms with Gasteiger partial charge in [-0.05, 0) is 54.6 Å². The lowest BCUT2D eigenvalue weighted by Gasteiger charge is -2.09. The Balaban J connectivity index is 1.47. The highest BCUT2D eigenvalue weighted by atomic mass is 32.2. The standard InChI is InChI=1S/C24H19N3O7S/c1-35(32,33)18-10-8-16(9-11-18)25-21(28)14-34-23(30)15-7-12-19-20(13-15)26-24(31)27(22(19)29)17-5-3-2-4-6-17/h2-13H,14H2,1H3,(H,25,28)(H,26,31). The molecule has 0 atom stereocenters. The first-order chi connectivity index (χ1) is 16.6. The Morgan fingerprint density at radius 3 is 2.31 bits per heavy atom. The van der Waals surface area contributed by atoms with Crippen LogP contribution in [-0.4, -0.2) is 42.7 Å². The number of aromatic amines is 1. The van der Waals surface area contributed by atoms with Crippen LogP contribution in [0.1, 0.15) is 10.4 Å². The van der Waals surface area contributed by atoms with E-state index in [9.17, 15) is 27.6 Å². The number of benzene rings is 3. The Morgan fingerprint density at radius 1 is 0.971 bits per heavy atom. The number of hydrogen-bond acceptors (Lipinski definition) is 7. The second-order valence-electron chi connectivity index (χ2n) is 7.59. The second-order valence-corrected chi connectivity index (χ2v) is 9.60. The van der Waals surface area contributed by atoms with Crippen molar-refractivity contribution in [2.75, 3.05) is 18.2 Å². The van der Waals surface area contributed by atoms with Gasteiger partial charge in [0, 0.05) is 11.9 Å². The summed E-state index contributed by atoms with van der Waals surface area (Å²) in [5.74, 6) is -1.46. The zero-order valence-electron chi connectivity index (χ0n) is 18.3. The van der Waals surface area contributed by atoms with Gasteiger partial charge in [0.25, 0.3) is 11.5 Å². The number of ether oxygens (including phenoxy) is 1. The smallest absolute Gasteiger partial charge is 0.338 e. The number of para-hydroxylation sites is 1. The van der Waals surface area contributed by atoms with Gasteiger partial charge in [-0.15, -0.1) is 0 Å². The van der Waals surface area contributed by atoms with Crippen LogP contribution in [0.3, 0.4) is 0 Å². The first kappa shape index (κ1) is 23.6. The quantitative estimate of drug-likeness (QED) is 0.390. The van der Waals surface area contributed by atoms with Crippen molar-refractivity contribution >= 4 is 38.3 Å². The number of H-pyrrole nitrogens is 1. The van der Waals surface area contributed by atoms with Gasteiger partial charge in [-0.1, -0.05) is 18.2 Å². The van der Waals surface area contributed by atoms with Crippen molar-refractivity contribution in [3.63, 3.8) is 0 Å². The largest absolute Gasteiger partial charge is 0.452 e. The molecule has 2 N–H and O–H groups in total. The van der Waals surface area contributed by atoms with Crippen LogP contribution in [0.2, 0.25) is 0 Å². The molecule has 4 rings (SSSR count). The molecule has 1 amide bonds. The number of nitrogens with zero attached hydrogens (tertiary/aromatic N) is 1. The summed E-state index contributed by atoms with van der Waals surface area (Å²) in [6.07, 6.45) is 1.07. The third-order valence-corrected chi connectivity index (χ3v) is 6.18. The summed E-state index contributed by atoms with van der Waals surface area (Å²) in [4.78, 5) is 52.5. The number of sulfone groups is 1. The average molecular weight is 493 g/mol. The van der Waals surface area contributed by atoms with Crippen LogP contribution >= 0.6 is 0 Å². The predicted molar refractivity (Wildman–Crippen MR) is 129 cm³/mol. The van der Waals surface area contributed by atoms with Gasteiger partial charge < -0.3 is 15.0 Å². The molecule has 178 valence electrons. The lowest BCUT2D eigenvalue weighted by Crippen LogP contribution is -2.33. The third-order valence-electron chi connectivity index (χ3n) is 5.05. The molecule has 0 aliphatic heterocycles. The van der Waals surface area contributed by atoms with E-state index in [0.29, 0.717) is 11.4 Å². The van der Waals surface area contributed by atoms with Gasteiger partial charge in [-0.3, -0.25) is 9.59 Å². The Morgan fingerprint density at radius 2 is 1.66 bits per heavy atom. The number of rotatable bonds is 6. The molecule has 0 saturated carbocycles. The topological polar surface area (TPSA) is 144 Å². The van der Waals surface area contributed by atoms with Crippen molar-refractivity contribution in [3.8, 4) is 5.69 Å². The van der Waals surface area contributed by atoms with E-state index in [1.165, 1.54) is 42.5 Å². The Kier molecular flexibility index (Phi) is 6.34. The summed E-state index contributed by atoms with van der Waals surface area (Å²) in [5, 5.41) is 2.69. The van der Waals surface area contributed by atoms with Gasteiger partial charge >= 0.3 is 11.7 Å². The number of anilines is 1. The van der Waals surface area contributed by atoms with E-state index < -0.39 is 39.6 Å². The van der Waals surface area contributed by atoms with Crippen LogP contribution in [0.15, 0.2) is 87.3 Å². The fraction of sp³-hybridized carbons (Fsp3) is 0.0833. The molecule has 1 heterocycles. The van der Waals surface area contributed by atoms with E-state index in [0.717, 1.165) is 10.8 Å². The SMILES string of the molecule is CS(=O)(=O)c1ccc(NC(=O)COC(=O)c2ccc3c(=O)n(-c4ccccc4)c(=O)[nH]c3c2)cc1. The highest BCUT2D eigenvalue weighted by molar-refractivity contribution is 7.90. The summed E-state index contributed by atoms with van der Waals surface area (Å²) in [5.41, 5.74) is -0.290. The summed E-state index contributed by atoms with van der Waals surface area (Å²) in [7, 11) is -3.36. The maximum absolute atomic E-state index is 12.8. The van der Waals surface area contributed by atoms with Crippen molar-refractivity contribution in [1.29, 1.82) is 0 Å². The summed E-state index contributed by atoms with van der Waals surface area (Å²) >= 11 is 0. The van der Waals surface area contributed by atoms with Gasteiger partial charge in [-0.25, -0.2) is 22.6 Å². The average Bonchev–Trinajstić information content (AvgIpc) is 2.82. The molecule has 0 aliphatic rings. The molecule has 11 heteroatoms. The van der Waals surface area contributed by atoms with E-state index >= 15 is 0 Å². The van der Waals surface area contributed by atoms with Crippen LogP contribution in [0.5, 0.6) is 0 Å². The van der Waals surface area contributed by atoms with Crippen molar-refractivity contribution in [2.24, 2.45) is 0 Å². The van der Waals surface area contributed by atoms with Crippen LogP contribution in [0.25, 0.3) is 16.6 Å². The molecular weight excluding hydrogens is 474 g/mol. The lowest BCUT2D eigenvalue weighted by molar-refractivity contribution is -0.119. The van der Waals surface area contributed by atoms with E-state index in [4.69, 9.17) is 4.74 Å². The number of fused-ring (bicyclic) bond motifs is 1. The maximum Gasteiger partial charge on any atom is 0.338 e. The van der Waals surface area contributed by atoms with Gasteiger partial charge in [0.1, 0.15) is 0 Å². The van der Waals surface area contributed by atoms with Crippen molar-refractivity contribution in [1.82, 2.24) is 9.55 Å². The number of hydrogen-bond donors (Lipinski definition) is 2. The molecule has 1 aromatic heterocycles. The molecule has 35 heavy (non-hydrogen) atoms. The van der Waals surface area contributed by atoms with Gasteiger partial charge in [-0.2, -0.15) is 0 Å². The molecule has 0 spiro atoms. The van der Waals surface area contributed by atoms with E-state index in [1.54, 1.807) is 30.3 Å². The Hall–Kier alpha value is -4.51. The monoisotopic (exact) mass is 493 g/mol. The zero-order valence-corrected chi connectivity index (χ0v) is 19.2. The van der Waals surface area contributed by atoms with Gasteiger partial charge in [0.2, 0.25) is 0 Å². The molecular formula is C24H19N3O7S. The first-order valence-electron chi connectivity index (χ1n) is 10.2. The lowest BCUT2D eigenvalue weighted by atomic mass is 10.1. The number of nitrogens with one attached hydrogen (secondary N) is 2. The fourth-order valence-corrected chi connectivity index (χ4v) is 3.98. The molecule has 0 saturated heterocycles. The summed E-state index contributed by atoms with van der Waals surface area (Å²) in [6.45, 7) is -0.600. The maximum atomic E-state index is 12.8. The molecule has 0 aliphatic carbocycles. The van der Waals surface area contributed by atoms with Crippen LogP contribution in [0, 0.1) is 0 Å². The molecule has 0 fully saturated rings. The normalized spacial score (nSPS) is 11.2. The number of carbonyl (C=O) groups excluding carboxylic acids is 2. The Bertz CT molecular complexity index is 1660. The highest BCUT2D eigenvalue weighted by Gasteiger charge is 2.15. The van der Waals surface area contributed by atoms with Crippen molar-refractivity contribution < 1.29 is 22.7 Å². The van der Waals surface area contributed by atoms with E-state index in [-0.39, 0.29) is 21.4 Å². The minimum Gasteiger partial charge on any atom is -0.452 e. The van der Waals surface area contributed by atoms with E-state index in [2.05, 4.69) is 10.3 Å². The van der Waals surface area contributed by atoms with Crippen molar-refractivity contribution in [2.45, 2.75) is 4.90 Å². The highest BCUT2D eigenvalue weighted by Crippen LogP contribution is 2.14. The second kappa shape index (κ2) is 9.39.